The van der Waals surface area contributed by atoms with E-state index in [4.69, 9.17) is 4.74 Å². The molecule has 1 saturated heterocycles. The Kier molecular flexibility index (Phi) is 6.83. The summed E-state index contributed by atoms with van der Waals surface area (Å²) in [4.78, 5) is 28.2. The molecule has 0 amide bonds. The highest BCUT2D eigenvalue weighted by molar-refractivity contribution is 6.26. The molecule has 5 rings (SSSR count). The van der Waals surface area contributed by atoms with E-state index in [1.54, 1.807) is 6.92 Å². The van der Waals surface area contributed by atoms with Crippen LogP contribution in [0.25, 0.3) is 0 Å². The molecule has 6 heteroatoms. The number of aliphatic hydroxyl groups is 3. The highest BCUT2D eigenvalue weighted by Crippen LogP contribution is 2.60. The molecule has 6 nitrogen and oxygen atoms in total. The van der Waals surface area contributed by atoms with E-state index >= 15 is 0 Å². The average Bonchev–Trinajstić information content (AvgIpc) is 3.09. The zero-order chi connectivity index (χ0) is 27.6. The fraction of sp³-hybridized carbons (Fsp3) is 0.688. The van der Waals surface area contributed by atoms with E-state index in [2.05, 4.69) is 38.2 Å². The van der Waals surface area contributed by atoms with Crippen LogP contribution in [0, 0.1) is 46.3 Å². The Hall–Kier alpha value is -2.18. The second kappa shape index (κ2) is 9.48. The topological polar surface area (TPSA) is 104 Å². The maximum atomic E-state index is 14.5. The number of aliphatic hydroxyl groups excluding tert-OH is 3. The zero-order valence-electron chi connectivity index (χ0n) is 23.4. The van der Waals surface area contributed by atoms with Crippen molar-refractivity contribution < 1.29 is 29.6 Å². The molecule has 1 saturated carbocycles. The molecule has 3 N–H and O–H groups in total. The van der Waals surface area contributed by atoms with Gasteiger partial charge in [-0.05, 0) is 73.7 Å². The molecule has 0 aromatic carbocycles. The lowest BCUT2D eigenvalue weighted by atomic mass is 9.52. The fourth-order valence-corrected chi connectivity index (χ4v) is 8.73. The summed E-state index contributed by atoms with van der Waals surface area (Å²) in [5.41, 5.74) is -2.62. The minimum atomic E-state index is -1.50. The average molecular weight is 525 g/mol. The number of allylic oxidation sites excluding steroid dienone is 5. The molecule has 38 heavy (non-hydrogen) atoms. The van der Waals surface area contributed by atoms with Gasteiger partial charge in [0.1, 0.15) is 11.3 Å². The first kappa shape index (κ1) is 27.4. The number of carbonyl (C=O) groups excluding carboxylic acids is 2. The summed E-state index contributed by atoms with van der Waals surface area (Å²) in [6.45, 7) is 9.86. The summed E-state index contributed by atoms with van der Waals surface area (Å²) in [7, 11) is 0. The van der Waals surface area contributed by atoms with Gasteiger partial charge in [-0.3, -0.25) is 4.79 Å². The Morgan fingerprint density at radius 2 is 1.87 bits per heavy atom. The molecule has 5 aliphatic rings. The van der Waals surface area contributed by atoms with E-state index < -0.39 is 34.3 Å². The number of ether oxygens (including phenoxy) is 1. The van der Waals surface area contributed by atoms with Crippen molar-refractivity contribution in [3.05, 3.63) is 47.3 Å². The maximum Gasteiger partial charge on any atom is 0.346 e. The van der Waals surface area contributed by atoms with Gasteiger partial charge in [0.05, 0.1) is 12.7 Å². The Balaban J connectivity index is 1.72. The number of hydrogen-bond donors (Lipinski definition) is 3. The molecular weight excluding hydrogens is 480 g/mol. The summed E-state index contributed by atoms with van der Waals surface area (Å²) >= 11 is 0. The summed E-state index contributed by atoms with van der Waals surface area (Å²) in [5, 5.41) is 32.5. The van der Waals surface area contributed by atoms with Crippen LogP contribution in [0.15, 0.2) is 47.3 Å². The molecule has 10 atom stereocenters. The quantitative estimate of drug-likeness (QED) is 0.266. The normalized spacial score (nSPS) is 48.1. The number of esters is 1. The zero-order valence-corrected chi connectivity index (χ0v) is 23.4. The predicted molar refractivity (Wildman–Crippen MR) is 145 cm³/mol. The minimum absolute atomic E-state index is 0.0717. The fourth-order valence-electron chi connectivity index (χ4n) is 8.73. The monoisotopic (exact) mass is 524 g/mol. The van der Waals surface area contributed by atoms with Crippen molar-refractivity contribution in [2.24, 2.45) is 46.3 Å². The molecule has 2 bridgehead atoms. The van der Waals surface area contributed by atoms with Crippen molar-refractivity contribution in [1.82, 2.24) is 0 Å². The van der Waals surface area contributed by atoms with Gasteiger partial charge in [0, 0.05) is 17.3 Å². The highest BCUT2D eigenvalue weighted by atomic mass is 16.6. The van der Waals surface area contributed by atoms with Crippen LogP contribution in [0.2, 0.25) is 0 Å². The molecule has 0 radical (unpaired) electrons. The van der Waals surface area contributed by atoms with Gasteiger partial charge < -0.3 is 20.1 Å². The molecule has 0 aromatic heterocycles. The largest absolute Gasteiger partial charge is 0.511 e. The first-order chi connectivity index (χ1) is 17.9. The molecule has 0 unspecified atom stereocenters. The number of hydrogen-bond acceptors (Lipinski definition) is 6. The van der Waals surface area contributed by atoms with Crippen molar-refractivity contribution in [3.63, 3.8) is 0 Å². The lowest BCUT2D eigenvalue weighted by molar-refractivity contribution is -0.166. The Morgan fingerprint density at radius 3 is 2.55 bits per heavy atom. The lowest BCUT2D eigenvalue weighted by Gasteiger charge is -2.52. The van der Waals surface area contributed by atoms with Gasteiger partial charge in [-0.1, -0.05) is 64.5 Å². The molecule has 2 fully saturated rings. The maximum absolute atomic E-state index is 14.5. The van der Waals surface area contributed by atoms with Crippen LogP contribution in [-0.4, -0.2) is 45.4 Å². The van der Waals surface area contributed by atoms with Gasteiger partial charge >= 0.3 is 5.97 Å². The van der Waals surface area contributed by atoms with E-state index in [0.29, 0.717) is 18.8 Å². The Morgan fingerprint density at radius 1 is 1.13 bits per heavy atom. The molecule has 1 heterocycles. The number of ketones is 1. The number of rotatable bonds is 3. The smallest absolute Gasteiger partial charge is 0.346 e. The van der Waals surface area contributed by atoms with Crippen LogP contribution in [0.1, 0.15) is 73.1 Å². The first-order valence-electron chi connectivity index (χ1n) is 14.4. The molecule has 1 spiro atoms. The summed E-state index contributed by atoms with van der Waals surface area (Å²) in [6, 6.07) is 0. The molecule has 4 aliphatic carbocycles. The van der Waals surface area contributed by atoms with Crippen LogP contribution >= 0.6 is 0 Å². The first-order valence-corrected chi connectivity index (χ1v) is 14.4. The lowest BCUT2D eigenvalue weighted by Crippen LogP contribution is -2.55. The predicted octanol–water partition coefficient (Wildman–Crippen LogP) is 5.22. The molecule has 0 aromatic rings. The van der Waals surface area contributed by atoms with E-state index in [9.17, 15) is 24.9 Å². The number of fused-ring (bicyclic) bond motifs is 4. The van der Waals surface area contributed by atoms with Gasteiger partial charge in [0.15, 0.2) is 5.60 Å². The third kappa shape index (κ3) is 3.89. The molecule has 208 valence electrons. The second-order valence-electron chi connectivity index (χ2n) is 13.4. The van der Waals surface area contributed by atoms with Gasteiger partial charge in [-0.2, -0.15) is 0 Å². The summed E-state index contributed by atoms with van der Waals surface area (Å²) in [6.07, 6.45) is 14.0. The van der Waals surface area contributed by atoms with Gasteiger partial charge in [-0.15, -0.1) is 0 Å². The van der Waals surface area contributed by atoms with Crippen LogP contribution in [0.3, 0.4) is 0 Å². The molecule has 1 aliphatic heterocycles. The van der Waals surface area contributed by atoms with Crippen molar-refractivity contribution in [2.45, 2.75) is 84.8 Å². The Labute approximate surface area is 226 Å². The van der Waals surface area contributed by atoms with Crippen LogP contribution < -0.4 is 0 Å². The van der Waals surface area contributed by atoms with Gasteiger partial charge in [0.2, 0.25) is 5.78 Å². The number of carbonyl (C=O) groups is 2. The van der Waals surface area contributed by atoms with E-state index in [1.165, 1.54) is 0 Å². The number of Topliss-reactive ketones (excluding diaryl/α,β-unsaturated/α-hetero) is 1. The van der Waals surface area contributed by atoms with E-state index in [-0.39, 0.29) is 53.9 Å². The van der Waals surface area contributed by atoms with E-state index in [0.717, 1.165) is 24.8 Å². The van der Waals surface area contributed by atoms with E-state index in [1.807, 2.05) is 19.9 Å². The summed E-state index contributed by atoms with van der Waals surface area (Å²) in [5.74, 6) is -0.619. The van der Waals surface area contributed by atoms with Crippen molar-refractivity contribution >= 4 is 11.8 Å². The second-order valence-corrected chi connectivity index (χ2v) is 13.4. The highest BCUT2D eigenvalue weighted by Gasteiger charge is 2.66. The van der Waals surface area contributed by atoms with Crippen LogP contribution in [0.4, 0.5) is 0 Å². The SMILES string of the molecule is C[C@H]1CC[C@@H]2[C@H](C=C[C@H]3[C@H](C)/C=C/C[C@]4(C)C=C(CO)[C@H](C[C@@H](C)O)C[C@]45OC(=O)/C(=C(\O)[C@@]23C)C5=O)C1. The van der Waals surface area contributed by atoms with Crippen molar-refractivity contribution in [3.8, 4) is 0 Å². The third-order valence-corrected chi connectivity index (χ3v) is 10.8. The van der Waals surface area contributed by atoms with Crippen molar-refractivity contribution in [1.29, 1.82) is 0 Å². The summed E-state index contributed by atoms with van der Waals surface area (Å²) < 4.78 is 6.12. The Bertz CT molecular complexity index is 1130. The van der Waals surface area contributed by atoms with Crippen molar-refractivity contribution in [2.75, 3.05) is 6.61 Å². The third-order valence-electron chi connectivity index (χ3n) is 10.8. The van der Waals surface area contributed by atoms with Gasteiger partial charge in [0.25, 0.3) is 0 Å². The minimum Gasteiger partial charge on any atom is -0.511 e. The van der Waals surface area contributed by atoms with Crippen LogP contribution in [0.5, 0.6) is 0 Å². The van der Waals surface area contributed by atoms with Crippen LogP contribution in [-0.2, 0) is 14.3 Å². The molecular formula is C32H44O6. The standard InChI is InChI=1S/C32H44O6/c1-18-8-10-25-21(13-18)9-11-24-19(2)7-6-12-30(4)15-23(17-33)22(14-20(3)34)16-32(30)28(36)26(29(37)38-32)27(35)31(24,25)5/h6-7,9,11,15,18-22,24-25,33-35H,8,10,12-14,16-17H2,1-5H3/b7-6+,27-26-/t18-,19+,20+,21+,22+,24-,25+,30+,31+,32+/m0/s1. The van der Waals surface area contributed by atoms with Gasteiger partial charge in [-0.25, -0.2) is 4.79 Å².